The number of nitrogens with zero attached hydrogens (tertiary/aromatic N) is 2. The van der Waals surface area contributed by atoms with Gasteiger partial charge in [-0.3, -0.25) is 0 Å². The van der Waals surface area contributed by atoms with Crippen molar-refractivity contribution in [3.05, 3.63) is 16.1 Å². The summed E-state index contributed by atoms with van der Waals surface area (Å²) >= 11 is 1.79. The molecule has 1 heterocycles. The third-order valence-corrected chi connectivity index (χ3v) is 5.35. The lowest BCUT2D eigenvalue weighted by Gasteiger charge is -2.30. The van der Waals surface area contributed by atoms with Gasteiger partial charge in [0.25, 0.3) is 0 Å². The summed E-state index contributed by atoms with van der Waals surface area (Å²) in [4.78, 5) is 8.26. The van der Waals surface area contributed by atoms with Crippen molar-refractivity contribution in [2.75, 3.05) is 20.1 Å². The van der Waals surface area contributed by atoms with E-state index in [-0.39, 0.29) is 0 Å². The first-order chi connectivity index (χ1) is 9.70. The lowest BCUT2D eigenvalue weighted by Crippen LogP contribution is -2.40. The normalized spacial score (nSPS) is 24.0. The van der Waals surface area contributed by atoms with Crippen LogP contribution >= 0.6 is 11.3 Å². The summed E-state index contributed by atoms with van der Waals surface area (Å²) in [7, 11) is 2.26. The number of hydrogen-bond acceptors (Lipinski definition) is 4. The van der Waals surface area contributed by atoms with Crippen LogP contribution in [0.4, 0.5) is 0 Å². The summed E-state index contributed by atoms with van der Waals surface area (Å²) in [5.74, 6) is 0.802. The summed E-state index contributed by atoms with van der Waals surface area (Å²) in [6, 6.07) is 0.715. The largest absolute Gasteiger partial charge is 0.314 e. The van der Waals surface area contributed by atoms with E-state index in [1.165, 1.54) is 49.2 Å². The minimum atomic E-state index is 0.715. The maximum absolute atomic E-state index is 4.36. The first-order valence-corrected chi connectivity index (χ1v) is 8.89. The predicted octanol–water partition coefficient (Wildman–Crippen LogP) is 3.44. The molecule has 0 aliphatic heterocycles. The van der Waals surface area contributed by atoms with Gasteiger partial charge in [0.1, 0.15) is 0 Å². The van der Waals surface area contributed by atoms with Crippen LogP contribution in [-0.4, -0.2) is 36.1 Å². The second-order valence-corrected chi connectivity index (χ2v) is 7.06. The van der Waals surface area contributed by atoms with Crippen molar-refractivity contribution in [1.82, 2.24) is 15.2 Å². The lowest BCUT2D eigenvalue weighted by molar-refractivity contribution is 0.221. The molecule has 0 radical (unpaired) electrons. The van der Waals surface area contributed by atoms with Crippen LogP contribution in [0, 0.1) is 12.8 Å². The molecule has 0 aromatic carbocycles. The van der Waals surface area contributed by atoms with Crippen molar-refractivity contribution in [2.24, 2.45) is 5.92 Å². The molecule has 1 N–H and O–H groups in total. The van der Waals surface area contributed by atoms with Crippen molar-refractivity contribution in [2.45, 2.75) is 58.5 Å². The fourth-order valence-electron chi connectivity index (χ4n) is 3.32. The van der Waals surface area contributed by atoms with Gasteiger partial charge in [0.05, 0.1) is 11.2 Å². The molecule has 20 heavy (non-hydrogen) atoms. The highest BCUT2D eigenvalue weighted by atomic mass is 32.1. The first-order valence-electron chi connectivity index (χ1n) is 8.01. The van der Waals surface area contributed by atoms with Crippen LogP contribution in [0.25, 0.3) is 0 Å². The zero-order valence-electron chi connectivity index (χ0n) is 13.2. The Bertz CT molecular complexity index is 391. The monoisotopic (exact) mass is 295 g/mol. The maximum Gasteiger partial charge on any atom is 0.0798 e. The molecule has 0 bridgehead atoms. The van der Waals surface area contributed by atoms with E-state index in [1.807, 2.05) is 5.51 Å². The van der Waals surface area contributed by atoms with Crippen LogP contribution < -0.4 is 5.32 Å². The molecule has 4 heteroatoms. The van der Waals surface area contributed by atoms with Gasteiger partial charge >= 0.3 is 0 Å². The Hall–Kier alpha value is -0.450. The fraction of sp³-hybridized carbons (Fsp3) is 0.812. The van der Waals surface area contributed by atoms with E-state index in [9.17, 15) is 0 Å². The standard InChI is InChI=1S/C16H29N3S/c1-4-17-15-9-7-5-6-8-14(15)10-19(3)11-16-13(2)18-12-20-16/h12,14-15,17H,4-11H2,1-3H3. The van der Waals surface area contributed by atoms with Crippen molar-refractivity contribution in [1.29, 1.82) is 0 Å². The van der Waals surface area contributed by atoms with Crippen LogP contribution in [0.3, 0.4) is 0 Å². The van der Waals surface area contributed by atoms with E-state index >= 15 is 0 Å². The van der Waals surface area contributed by atoms with Gasteiger partial charge in [0, 0.05) is 24.0 Å². The van der Waals surface area contributed by atoms with Crippen LogP contribution in [0.1, 0.15) is 49.6 Å². The Morgan fingerprint density at radius 1 is 1.35 bits per heavy atom. The Balaban J connectivity index is 1.90. The molecule has 0 spiro atoms. The number of aromatic nitrogens is 1. The molecule has 2 unspecified atom stereocenters. The Kier molecular flexibility index (Phi) is 6.46. The van der Waals surface area contributed by atoms with Gasteiger partial charge in [0.2, 0.25) is 0 Å². The van der Waals surface area contributed by atoms with Crippen LogP contribution in [0.15, 0.2) is 5.51 Å². The summed E-state index contributed by atoms with van der Waals surface area (Å²) in [5.41, 5.74) is 3.16. The third-order valence-electron chi connectivity index (χ3n) is 4.43. The number of nitrogens with one attached hydrogen (secondary N) is 1. The zero-order valence-corrected chi connectivity index (χ0v) is 14.0. The second kappa shape index (κ2) is 8.11. The quantitative estimate of drug-likeness (QED) is 0.815. The maximum atomic E-state index is 4.36. The fourth-order valence-corrected chi connectivity index (χ4v) is 4.18. The molecular formula is C16H29N3S. The van der Waals surface area contributed by atoms with E-state index in [2.05, 4.69) is 36.1 Å². The number of thiazole rings is 1. The van der Waals surface area contributed by atoms with Gasteiger partial charge in [-0.25, -0.2) is 4.98 Å². The van der Waals surface area contributed by atoms with Gasteiger partial charge in [0.15, 0.2) is 0 Å². The number of aryl methyl sites for hydroxylation is 1. The van der Waals surface area contributed by atoms with E-state index in [0.29, 0.717) is 6.04 Å². The highest BCUT2D eigenvalue weighted by molar-refractivity contribution is 7.09. The summed E-state index contributed by atoms with van der Waals surface area (Å²) in [6.07, 6.45) is 6.94. The average Bonchev–Trinajstić information content (AvgIpc) is 2.69. The Labute approximate surface area is 127 Å². The van der Waals surface area contributed by atoms with Gasteiger partial charge in [-0.1, -0.05) is 26.2 Å². The molecule has 0 amide bonds. The van der Waals surface area contributed by atoms with Crippen LogP contribution in [0.2, 0.25) is 0 Å². The molecule has 1 fully saturated rings. The second-order valence-electron chi connectivity index (χ2n) is 6.12. The topological polar surface area (TPSA) is 28.2 Å². The molecule has 2 atom stereocenters. The third kappa shape index (κ3) is 4.54. The lowest BCUT2D eigenvalue weighted by atomic mass is 9.94. The Morgan fingerprint density at radius 2 is 2.15 bits per heavy atom. The molecule has 1 aliphatic rings. The van der Waals surface area contributed by atoms with Crippen molar-refractivity contribution >= 4 is 11.3 Å². The number of hydrogen-bond donors (Lipinski definition) is 1. The minimum Gasteiger partial charge on any atom is -0.314 e. The van der Waals surface area contributed by atoms with Gasteiger partial charge in [-0.05, 0) is 39.3 Å². The minimum absolute atomic E-state index is 0.715. The van der Waals surface area contributed by atoms with Crippen molar-refractivity contribution in [3.8, 4) is 0 Å². The average molecular weight is 295 g/mol. The summed E-state index contributed by atoms with van der Waals surface area (Å²) < 4.78 is 0. The SMILES string of the molecule is CCNC1CCCCCC1CN(C)Cc1scnc1C. The zero-order chi connectivity index (χ0) is 14.4. The molecule has 2 rings (SSSR count). The Morgan fingerprint density at radius 3 is 2.85 bits per heavy atom. The van der Waals surface area contributed by atoms with E-state index in [1.54, 1.807) is 11.3 Å². The number of rotatable bonds is 6. The van der Waals surface area contributed by atoms with Crippen LogP contribution in [-0.2, 0) is 6.54 Å². The van der Waals surface area contributed by atoms with Gasteiger partial charge < -0.3 is 10.2 Å². The highest BCUT2D eigenvalue weighted by Gasteiger charge is 2.24. The molecule has 114 valence electrons. The van der Waals surface area contributed by atoms with E-state index < -0.39 is 0 Å². The predicted molar refractivity (Wildman–Crippen MR) is 87.2 cm³/mol. The summed E-state index contributed by atoms with van der Waals surface area (Å²) in [6.45, 7) is 7.69. The molecule has 0 saturated heterocycles. The van der Waals surface area contributed by atoms with Crippen LogP contribution in [0.5, 0.6) is 0 Å². The molecule has 1 aromatic rings. The molecule has 1 saturated carbocycles. The van der Waals surface area contributed by atoms with Gasteiger partial charge in [-0.2, -0.15) is 0 Å². The molecular weight excluding hydrogens is 266 g/mol. The van der Waals surface area contributed by atoms with E-state index in [0.717, 1.165) is 19.0 Å². The van der Waals surface area contributed by atoms with Crippen molar-refractivity contribution < 1.29 is 0 Å². The van der Waals surface area contributed by atoms with E-state index in [4.69, 9.17) is 0 Å². The highest BCUT2D eigenvalue weighted by Crippen LogP contribution is 2.25. The summed E-state index contributed by atoms with van der Waals surface area (Å²) in [5, 5.41) is 3.71. The molecule has 3 nitrogen and oxygen atoms in total. The van der Waals surface area contributed by atoms with Gasteiger partial charge in [-0.15, -0.1) is 11.3 Å². The molecule has 1 aromatic heterocycles. The first kappa shape index (κ1) is 15.9. The van der Waals surface area contributed by atoms with Crippen molar-refractivity contribution in [3.63, 3.8) is 0 Å². The smallest absolute Gasteiger partial charge is 0.0798 e. The molecule has 1 aliphatic carbocycles.